The number of aliphatic imine (C=N–C) groups is 2. The van der Waals surface area contributed by atoms with Gasteiger partial charge in [0.1, 0.15) is 5.71 Å². The quantitative estimate of drug-likeness (QED) is 0.404. The Labute approximate surface area is 175 Å². The number of hydrogen-bond acceptors (Lipinski definition) is 3. The lowest BCUT2D eigenvalue weighted by atomic mass is 10.0. The second kappa shape index (κ2) is 6.82. The van der Waals surface area contributed by atoms with Crippen LogP contribution in [0.2, 0.25) is 0 Å². The van der Waals surface area contributed by atoms with E-state index in [1.165, 1.54) is 16.3 Å². The third-order valence-electron chi connectivity index (χ3n) is 5.65. The molecular weight excluding hydrogens is 366 g/mol. The van der Waals surface area contributed by atoms with Crippen LogP contribution in [0.15, 0.2) is 113 Å². The van der Waals surface area contributed by atoms with Crippen molar-refractivity contribution in [3.05, 3.63) is 120 Å². The van der Waals surface area contributed by atoms with Crippen molar-refractivity contribution < 1.29 is 0 Å². The second-order valence-corrected chi connectivity index (χ2v) is 7.59. The summed E-state index contributed by atoms with van der Waals surface area (Å²) in [6, 6.07) is 33.6. The summed E-state index contributed by atoms with van der Waals surface area (Å²) in [5.41, 5.74) is 6.31. The van der Waals surface area contributed by atoms with Gasteiger partial charge in [0.25, 0.3) is 0 Å². The Morgan fingerprint density at radius 2 is 1.40 bits per heavy atom. The number of para-hydroxylation sites is 1. The number of hydrogen-bond donors (Lipinski definition) is 0. The molecule has 3 nitrogen and oxygen atoms in total. The lowest BCUT2D eigenvalue weighted by Crippen LogP contribution is -2.37. The van der Waals surface area contributed by atoms with Crippen LogP contribution in [0.4, 0.5) is 5.69 Å². The van der Waals surface area contributed by atoms with E-state index in [0.29, 0.717) is 0 Å². The molecule has 0 fully saturated rings. The molecule has 0 atom stereocenters. The van der Waals surface area contributed by atoms with Crippen molar-refractivity contribution >= 4 is 33.7 Å². The van der Waals surface area contributed by atoms with Crippen molar-refractivity contribution in [1.29, 1.82) is 0 Å². The van der Waals surface area contributed by atoms with E-state index in [0.717, 1.165) is 40.6 Å². The van der Waals surface area contributed by atoms with Crippen molar-refractivity contribution in [2.24, 2.45) is 9.98 Å². The molecule has 0 spiro atoms. The van der Waals surface area contributed by atoms with E-state index in [1.807, 2.05) is 24.3 Å². The summed E-state index contributed by atoms with van der Waals surface area (Å²) in [5.74, 6) is 0.907. The van der Waals surface area contributed by atoms with Crippen LogP contribution in [0.1, 0.15) is 16.7 Å². The first kappa shape index (κ1) is 16.9. The van der Waals surface area contributed by atoms with Crippen LogP contribution in [0.3, 0.4) is 0 Å². The minimum Gasteiger partial charge on any atom is -0.325 e. The molecule has 0 amide bonds. The lowest BCUT2D eigenvalue weighted by molar-refractivity contribution is 0.549. The first-order valence-electron chi connectivity index (χ1n) is 10.1. The van der Waals surface area contributed by atoms with E-state index in [2.05, 4.69) is 83.9 Å². The topological polar surface area (TPSA) is 28.0 Å². The molecule has 0 aliphatic carbocycles. The smallest absolute Gasteiger partial charge is 0.160 e. The molecule has 0 aromatic heterocycles. The summed E-state index contributed by atoms with van der Waals surface area (Å²) < 4.78 is 0. The largest absolute Gasteiger partial charge is 0.325 e. The van der Waals surface area contributed by atoms with E-state index in [-0.39, 0.29) is 0 Å². The van der Waals surface area contributed by atoms with E-state index < -0.39 is 0 Å². The minimum absolute atomic E-state index is 0.790. The summed E-state index contributed by atoms with van der Waals surface area (Å²) in [4.78, 5) is 12.3. The molecule has 2 aliphatic rings. The van der Waals surface area contributed by atoms with Crippen molar-refractivity contribution in [3.63, 3.8) is 0 Å². The molecule has 4 aromatic rings. The lowest BCUT2D eigenvalue weighted by Gasteiger charge is -2.32. The van der Waals surface area contributed by atoms with Gasteiger partial charge in [-0.3, -0.25) is 0 Å². The Bertz CT molecular complexity index is 1360. The zero-order valence-electron chi connectivity index (χ0n) is 16.4. The average Bonchev–Trinajstić information content (AvgIpc) is 2.82. The van der Waals surface area contributed by atoms with Crippen LogP contribution in [0.5, 0.6) is 0 Å². The zero-order chi connectivity index (χ0) is 19.9. The highest BCUT2D eigenvalue weighted by Gasteiger charge is 2.27. The Balaban J connectivity index is 1.53. The van der Waals surface area contributed by atoms with Crippen LogP contribution in [-0.2, 0) is 6.54 Å². The summed E-state index contributed by atoms with van der Waals surface area (Å²) in [6.07, 6.45) is 2.13. The number of benzene rings is 4. The van der Waals surface area contributed by atoms with Gasteiger partial charge in [-0.1, -0.05) is 84.9 Å². The fourth-order valence-electron chi connectivity index (χ4n) is 4.11. The standard InChI is InChI=1S/C27H19N3/c1-2-9-20(10-3-1)26-27-29-24-13-7-6-12-23(24)17-30(27)18-25(28-26)22-15-14-19-8-4-5-11-21(19)16-22/h1-16,18H,17H2. The van der Waals surface area contributed by atoms with Crippen LogP contribution >= 0.6 is 0 Å². The van der Waals surface area contributed by atoms with E-state index in [9.17, 15) is 0 Å². The van der Waals surface area contributed by atoms with Gasteiger partial charge < -0.3 is 4.90 Å². The van der Waals surface area contributed by atoms with Crippen LogP contribution in [0, 0.1) is 0 Å². The van der Waals surface area contributed by atoms with E-state index in [1.54, 1.807) is 0 Å². The van der Waals surface area contributed by atoms with Crippen LogP contribution < -0.4 is 0 Å². The fourth-order valence-corrected chi connectivity index (χ4v) is 4.11. The monoisotopic (exact) mass is 385 g/mol. The van der Waals surface area contributed by atoms with Gasteiger partial charge in [0, 0.05) is 17.3 Å². The Morgan fingerprint density at radius 3 is 2.30 bits per heavy atom. The molecule has 0 radical (unpaired) electrons. The van der Waals surface area contributed by atoms with Crippen molar-refractivity contribution in [2.75, 3.05) is 0 Å². The maximum absolute atomic E-state index is 5.09. The highest BCUT2D eigenvalue weighted by atomic mass is 15.2. The van der Waals surface area contributed by atoms with E-state index >= 15 is 0 Å². The molecule has 30 heavy (non-hydrogen) atoms. The third-order valence-corrected chi connectivity index (χ3v) is 5.65. The number of fused-ring (bicyclic) bond motifs is 3. The van der Waals surface area contributed by atoms with Crippen molar-refractivity contribution in [2.45, 2.75) is 6.54 Å². The summed E-state index contributed by atoms with van der Waals surface area (Å²) >= 11 is 0. The number of nitrogens with zero attached hydrogens (tertiary/aromatic N) is 3. The molecule has 2 heterocycles. The van der Waals surface area contributed by atoms with E-state index in [4.69, 9.17) is 9.98 Å². The summed E-state index contributed by atoms with van der Waals surface area (Å²) in [5, 5.41) is 2.45. The van der Waals surface area contributed by atoms with Gasteiger partial charge in [-0.15, -0.1) is 0 Å². The third kappa shape index (κ3) is 2.83. The Hall–Kier alpha value is -3.98. The number of rotatable bonds is 2. The predicted octanol–water partition coefficient (Wildman–Crippen LogP) is 6.19. The van der Waals surface area contributed by atoms with Gasteiger partial charge in [-0.25, -0.2) is 9.98 Å². The van der Waals surface area contributed by atoms with Gasteiger partial charge >= 0.3 is 0 Å². The first-order valence-corrected chi connectivity index (χ1v) is 10.1. The SMILES string of the molecule is C1=C(c2ccc3ccccc3c2)N=C(c2ccccc2)C2=Nc3ccccc3CN12. The van der Waals surface area contributed by atoms with Gasteiger partial charge in [0.15, 0.2) is 5.84 Å². The maximum atomic E-state index is 5.09. The molecule has 142 valence electrons. The molecule has 2 aliphatic heterocycles. The molecule has 0 saturated carbocycles. The zero-order valence-corrected chi connectivity index (χ0v) is 16.4. The van der Waals surface area contributed by atoms with Crippen LogP contribution in [-0.4, -0.2) is 16.4 Å². The highest BCUT2D eigenvalue weighted by molar-refractivity contribution is 6.49. The minimum atomic E-state index is 0.790. The average molecular weight is 385 g/mol. The predicted molar refractivity (Wildman–Crippen MR) is 124 cm³/mol. The molecule has 0 saturated heterocycles. The molecule has 4 aromatic carbocycles. The molecule has 0 unspecified atom stereocenters. The summed E-state index contributed by atoms with van der Waals surface area (Å²) in [7, 11) is 0. The Morgan fingerprint density at radius 1 is 0.633 bits per heavy atom. The molecule has 3 heteroatoms. The normalized spacial score (nSPS) is 15.1. The van der Waals surface area contributed by atoms with Gasteiger partial charge in [-0.2, -0.15) is 0 Å². The fraction of sp³-hybridized carbons (Fsp3) is 0.0370. The molecular formula is C27H19N3. The Kier molecular flexibility index (Phi) is 3.85. The van der Waals surface area contributed by atoms with Gasteiger partial charge in [0.2, 0.25) is 0 Å². The summed E-state index contributed by atoms with van der Waals surface area (Å²) in [6.45, 7) is 0.790. The maximum Gasteiger partial charge on any atom is 0.160 e. The van der Waals surface area contributed by atoms with Crippen LogP contribution in [0.25, 0.3) is 16.5 Å². The molecule has 6 rings (SSSR count). The van der Waals surface area contributed by atoms with Gasteiger partial charge in [0.05, 0.1) is 17.9 Å². The highest BCUT2D eigenvalue weighted by Crippen LogP contribution is 2.32. The van der Waals surface area contributed by atoms with Crippen molar-refractivity contribution in [1.82, 2.24) is 4.90 Å². The molecule has 0 bridgehead atoms. The second-order valence-electron chi connectivity index (χ2n) is 7.59. The first-order chi connectivity index (χ1) is 14.8. The van der Waals surface area contributed by atoms with Gasteiger partial charge in [-0.05, 0) is 28.5 Å². The molecule has 0 N–H and O–H groups in total. The number of amidine groups is 1. The van der Waals surface area contributed by atoms with Crippen molar-refractivity contribution in [3.8, 4) is 0 Å².